The van der Waals surface area contributed by atoms with Crippen molar-refractivity contribution in [2.24, 2.45) is 0 Å². The molecule has 2 atom stereocenters. The van der Waals surface area contributed by atoms with E-state index in [1.54, 1.807) is 16.7 Å². The summed E-state index contributed by atoms with van der Waals surface area (Å²) in [7, 11) is 0. The smallest absolute Gasteiger partial charge is 0.414 e. The molecule has 2 heterocycles. The molecule has 3 rings (SSSR count). The number of carbonyl (C=O) groups excluding carboxylic acids is 2. The highest BCUT2D eigenvalue weighted by molar-refractivity contribution is 6.02. The number of amides is 2. The van der Waals surface area contributed by atoms with Crippen LogP contribution in [0, 0.1) is 11.3 Å². The second kappa shape index (κ2) is 8.80. The van der Waals surface area contributed by atoms with Gasteiger partial charge in [0.1, 0.15) is 0 Å². The van der Waals surface area contributed by atoms with Crippen LogP contribution in [0.4, 0.5) is 16.2 Å². The lowest BCUT2D eigenvalue weighted by Crippen LogP contribution is -2.51. The van der Waals surface area contributed by atoms with Crippen molar-refractivity contribution < 1.29 is 14.3 Å². The highest BCUT2D eigenvalue weighted by Gasteiger charge is 2.35. The lowest BCUT2D eigenvalue weighted by Gasteiger charge is -2.40. The molecule has 0 aliphatic carbocycles. The monoisotopic (exact) mass is 399 g/mol. The van der Waals surface area contributed by atoms with Crippen LogP contribution in [0.3, 0.4) is 0 Å². The molecule has 2 aliphatic rings. The Morgan fingerprint density at radius 3 is 2.72 bits per heavy atom. The summed E-state index contributed by atoms with van der Waals surface area (Å²) in [5.74, 6) is 0.195. The van der Waals surface area contributed by atoms with Crippen molar-refractivity contribution in [3.63, 3.8) is 0 Å². The summed E-state index contributed by atoms with van der Waals surface area (Å²) in [6.45, 7) is 9.76. The summed E-state index contributed by atoms with van der Waals surface area (Å²) in [5.41, 5.74) is 5.86. The molecule has 0 saturated carbocycles. The van der Waals surface area contributed by atoms with Crippen LogP contribution in [0.15, 0.2) is 18.2 Å². The van der Waals surface area contributed by atoms with Gasteiger partial charge in [0.2, 0.25) is 5.91 Å². The van der Waals surface area contributed by atoms with Gasteiger partial charge in [0, 0.05) is 45.4 Å². The first kappa shape index (κ1) is 21.1. The van der Waals surface area contributed by atoms with Gasteiger partial charge in [-0.3, -0.25) is 15.1 Å². The van der Waals surface area contributed by atoms with E-state index >= 15 is 0 Å². The van der Waals surface area contributed by atoms with Gasteiger partial charge in [-0.1, -0.05) is 6.07 Å². The fourth-order valence-electron chi connectivity index (χ4n) is 4.03. The van der Waals surface area contributed by atoms with Gasteiger partial charge in [-0.15, -0.1) is 0 Å². The Bertz CT molecular complexity index is 819. The number of nitriles is 1. The van der Waals surface area contributed by atoms with E-state index in [2.05, 4.69) is 16.5 Å². The van der Waals surface area contributed by atoms with Crippen LogP contribution in [0.5, 0.6) is 0 Å². The Kier molecular flexibility index (Phi) is 6.40. The normalized spacial score (nSPS) is 21.8. The third-order valence-corrected chi connectivity index (χ3v) is 5.30. The van der Waals surface area contributed by atoms with E-state index in [1.165, 1.54) is 0 Å². The van der Waals surface area contributed by atoms with Gasteiger partial charge >= 0.3 is 6.09 Å². The van der Waals surface area contributed by atoms with Crippen molar-refractivity contribution in [1.29, 1.82) is 5.26 Å². The van der Waals surface area contributed by atoms with Gasteiger partial charge < -0.3 is 9.64 Å². The van der Waals surface area contributed by atoms with Crippen molar-refractivity contribution in [3.8, 4) is 6.07 Å². The van der Waals surface area contributed by atoms with Crippen LogP contribution in [0.1, 0.15) is 45.6 Å². The molecule has 8 nitrogen and oxygen atoms in total. The largest absolute Gasteiger partial charge is 0.446 e. The molecule has 2 amide bonds. The molecule has 1 fully saturated rings. The van der Waals surface area contributed by atoms with E-state index in [-0.39, 0.29) is 24.0 Å². The Morgan fingerprint density at radius 1 is 1.31 bits per heavy atom. The summed E-state index contributed by atoms with van der Waals surface area (Å²) in [5, 5.41) is 10.8. The van der Waals surface area contributed by atoms with Crippen molar-refractivity contribution in [3.05, 3.63) is 23.8 Å². The summed E-state index contributed by atoms with van der Waals surface area (Å²) >= 11 is 0. The molecular formula is C21H29N5O3. The fraction of sp³-hybridized carbons (Fsp3) is 0.571. The highest BCUT2D eigenvalue weighted by Crippen LogP contribution is 2.38. The number of ether oxygens (including phenoxy) is 1. The predicted molar refractivity (Wildman–Crippen MR) is 111 cm³/mol. The molecule has 0 spiro atoms. The minimum atomic E-state index is -0.395. The highest BCUT2D eigenvalue weighted by atomic mass is 16.6. The second-order valence-electron chi connectivity index (χ2n) is 7.94. The molecular weight excluding hydrogens is 370 g/mol. The number of benzene rings is 1. The molecule has 0 radical (unpaired) electrons. The molecule has 1 unspecified atom stereocenters. The van der Waals surface area contributed by atoms with Gasteiger partial charge in [0.15, 0.2) is 0 Å². The molecule has 0 bridgehead atoms. The van der Waals surface area contributed by atoms with Crippen LogP contribution in [0.2, 0.25) is 0 Å². The number of nitrogens with zero attached hydrogens (tertiary/aromatic N) is 4. The minimum Gasteiger partial charge on any atom is -0.446 e. The van der Waals surface area contributed by atoms with Crippen molar-refractivity contribution >= 4 is 23.4 Å². The zero-order chi connectivity index (χ0) is 21.1. The van der Waals surface area contributed by atoms with Crippen molar-refractivity contribution in [2.75, 3.05) is 36.0 Å². The topological polar surface area (TPSA) is 88.9 Å². The van der Waals surface area contributed by atoms with E-state index in [4.69, 9.17) is 10.00 Å². The fourth-order valence-corrected chi connectivity index (χ4v) is 4.03. The summed E-state index contributed by atoms with van der Waals surface area (Å²) in [4.78, 5) is 28.4. The van der Waals surface area contributed by atoms with Gasteiger partial charge in [0.05, 0.1) is 29.6 Å². The molecule has 0 aromatic heterocycles. The molecule has 1 N–H and O–H groups in total. The van der Waals surface area contributed by atoms with Crippen LogP contribution >= 0.6 is 0 Å². The van der Waals surface area contributed by atoms with Crippen molar-refractivity contribution in [2.45, 2.75) is 52.2 Å². The van der Waals surface area contributed by atoms with E-state index in [0.29, 0.717) is 25.2 Å². The summed E-state index contributed by atoms with van der Waals surface area (Å²) in [6, 6.07) is 7.98. The summed E-state index contributed by atoms with van der Waals surface area (Å²) in [6.07, 6.45) is -0.138. The first-order valence-electron chi connectivity index (χ1n) is 10.1. The average molecular weight is 399 g/mol. The lowest BCUT2D eigenvalue weighted by molar-refractivity contribution is -0.117. The van der Waals surface area contributed by atoms with Crippen LogP contribution in [-0.2, 0) is 9.53 Å². The van der Waals surface area contributed by atoms with Crippen LogP contribution in [-0.4, -0.2) is 55.3 Å². The molecule has 1 saturated heterocycles. The maximum atomic E-state index is 12.7. The van der Waals surface area contributed by atoms with Crippen molar-refractivity contribution in [1.82, 2.24) is 10.4 Å². The summed E-state index contributed by atoms with van der Waals surface area (Å²) < 4.78 is 5.45. The van der Waals surface area contributed by atoms with E-state index < -0.39 is 6.09 Å². The number of rotatable bonds is 4. The average Bonchev–Trinajstić information content (AvgIpc) is 3.13. The Morgan fingerprint density at radius 2 is 2.07 bits per heavy atom. The third kappa shape index (κ3) is 4.52. The van der Waals surface area contributed by atoms with Gasteiger partial charge in [0.25, 0.3) is 0 Å². The number of hydrazine groups is 1. The number of hydrogen-bond acceptors (Lipinski definition) is 6. The number of carbonyl (C=O) groups is 2. The molecule has 8 heteroatoms. The van der Waals surface area contributed by atoms with Gasteiger partial charge in [-0.25, -0.2) is 9.80 Å². The predicted octanol–water partition coefficient (Wildman–Crippen LogP) is 2.61. The lowest BCUT2D eigenvalue weighted by atomic mass is 9.97. The van der Waals surface area contributed by atoms with Crippen LogP contribution in [0.25, 0.3) is 0 Å². The third-order valence-electron chi connectivity index (χ3n) is 5.30. The quantitative estimate of drug-likeness (QED) is 0.837. The molecule has 2 aliphatic heterocycles. The molecule has 1 aromatic carbocycles. The van der Waals surface area contributed by atoms with Crippen LogP contribution < -0.4 is 15.2 Å². The van der Waals surface area contributed by atoms with E-state index in [0.717, 1.165) is 24.3 Å². The Balaban J connectivity index is 1.92. The number of fused-ring (bicyclic) bond motifs is 1. The van der Waals surface area contributed by atoms with Gasteiger partial charge in [-0.05, 0) is 38.5 Å². The molecule has 156 valence electrons. The number of hydrogen-bond donors (Lipinski definition) is 1. The Labute approximate surface area is 172 Å². The zero-order valence-electron chi connectivity index (χ0n) is 17.5. The maximum Gasteiger partial charge on any atom is 0.414 e. The second-order valence-corrected chi connectivity index (χ2v) is 7.94. The standard InChI is InChI=1S/C21H29N5O3/c1-14(2)29-21(28)25-12-15(3)26(16(4)27)19-7-6-17(10-20(19)25)18-11-23-24(13-18)9-5-8-22/h6-7,10,14-15,18,23H,5,9,11-13H2,1-4H3/t15-,18?/m0/s1. The SMILES string of the molecule is CC(=O)N1c2ccc(C3CNN(CCC#N)C3)cc2N(C(=O)OC(C)C)C[C@@H]1C. The van der Waals surface area contributed by atoms with E-state index in [1.807, 2.05) is 39.0 Å². The molecule has 1 aromatic rings. The minimum absolute atomic E-state index is 0.0476. The van der Waals surface area contributed by atoms with E-state index in [9.17, 15) is 9.59 Å². The van der Waals surface area contributed by atoms with Gasteiger partial charge in [-0.2, -0.15) is 5.26 Å². The Hall–Kier alpha value is -2.63. The maximum absolute atomic E-state index is 12.7. The zero-order valence-corrected chi connectivity index (χ0v) is 17.5. The molecule has 29 heavy (non-hydrogen) atoms. The first-order chi connectivity index (χ1) is 13.8. The number of nitrogens with one attached hydrogen (secondary N) is 1. The number of anilines is 2. The first-order valence-corrected chi connectivity index (χ1v) is 10.1.